The highest BCUT2D eigenvalue weighted by Crippen LogP contribution is 2.45. The van der Waals surface area contributed by atoms with Gasteiger partial charge in [0.2, 0.25) is 0 Å². The minimum Gasteiger partial charge on any atom is -0.312 e. The number of nitrogens with one attached hydrogen (secondary N) is 1. The molecule has 0 saturated carbocycles. The zero-order chi connectivity index (χ0) is 22.9. The molecule has 1 aliphatic carbocycles. The van der Waals surface area contributed by atoms with E-state index < -0.39 is 27.1 Å². The molecule has 0 spiro atoms. The topological polar surface area (TPSA) is 139 Å². The van der Waals surface area contributed by atoms with Gasteiger partial charge in [-0.2, -0.15) is 5.26 Å². The molecule has 10 heteroatoms. The van der Waals surface area contributed by atoms with Gasteiger partial charge in [-0.15, -0.1) is 11.3 Å². The molecule has 1 aromatic carbocycles. The highest BCUT2D eigenvalue weighted by Gasteiger charge is 2.34. The van der Waals surface area contributed by atoms with E-state index in [1.165, 1.54) is 11.3 Å². The largest absolute Gasteiger partial charge is 0.312 e. The predicted octanol–water partition coefficient (Wildman–Crippen LogP) is 5.23. The van der Waals surface area contributed by atoms with Crippen LogP contribution in [0.1, 0.15) is 60.0 Å². The van der Waals surface area contributed by atoms with Crippen LogP contribution in [0.5, 0.6) is 0 Å². The molecule has 3 rings (SSSR count). The highest BCUT2D eigenvalue weighted by atomic mass is 32.1. The molecule has 0 fully saturated rings. The molecule has 0 aliphatic heterocycles. The molecule has 2 aromatic rings. The third kappa shape index (κ3) is 4.27. The number of hydrogen-bond donors (Lipinski definition) is 1. The van der Waals surface area contributed by atoms with Crippen molar-refractivity contribution in [2.24, 2.45) is 11.3 Å². The fourth-order valence-electron chi connectivity index (χ4n) is 3.90. The van der Waals surface area contributed by atoms with Crippen molar-refractivity contribution < 1.29 is 14.6 Å². The Morgan fingerprint density at radius 2 is 2.03 bits per heavy atom. The Balaban J connectivity index is 1.93. The fourth-order valence-corrected chi connectivity index (χ4v) is 5.17. The fraction of sp³-hybridized carbons (Fsp3) is 0.429. The van der Waals surface area contributed by atoms with Crippen molar-refractivity contribution in [3.05, 3.63) is 60.0 Å². The van der Waals surface area contributed by atoms with E-state index in [-0.39, 0.29) is 11.0 Å². The van der Waals surface area contributed by atoms with Crippen molar-refractivity contribution in [3.8, 4) is 6.07 Å². The van der Waals surface area contributed by atoms with Crippen molar-refractivity contribution in [3.63, 3.8) is 0 Å². The lowest BCUT2D eigenvalue weighted by atomic mass is 9.69. The Labute approximate surface area is 183 Å². The number of nitrogens with zero attached hydrogens (tertiary/aromatic N) is 3. The van der Waals surface area contributed by atoms with Crippen molar-refractivity contribution in [2.75, 3.05) is 5.32 Å². The molecule has 0 saturated heterocycles. The minimum absolute atomic E-state index is 0.164. The summed E-state index contributed by atoms with van der Waals surface area (Å²) in [6, 6.07) is 5.03. The standard InChI is InChI=1S/C21H22N4O5S/c1-4-21(2,3)12-5-7-14-16(11-22)20(31-18(14)9-12)23-19(26)15-8-6-13(24(27)28)10-17(15)25(29)30/h6,8,10,12H,4-5,7,9H2,1-3H3,(H,23,26). The van der Waals surface area contributed by atoms with Crippen LogP contribution < -0.4 is 5.32 Å². The number of carbonyl (C=O) groups is 1. The van der Waals surface area contributed by atoms with Gasteiger partial charge in [0.25, 0.3) is 17.3 Å². The van der Waals surface area contributed by atoms with Crippen LogP contribution in [0, 0.1) is 42.9 Å². The number of nitro benzene ring substituents is 2. The van der Waals surface area contributed by atoms with Crippen LogP contribution in [-0.2, 0) is 12.8 Å². The molecular weight excluding hydrogens is 420 g/mol. The second-order valence-electron chi connectivity index (χ2n) is 8.27. The van der Waals surface area contributed by atoms with E-state index in [0.717, 1.165) is 54.3 Å². The summed E-state index contributed by atoms with van der Waals surface area (Å²) in [4.78, 5) is 34.5. The number of non-ortho nitro benzene ring substituents is 1. The molecule has 31 heavy (non-hydrogen) atoms. The Bertz CT molecular complexity index is 1120. The van der Waals surface area contributed by atoms with E-state index in [0.29, 0.717) is 16.5 Å². The van der Waals surface area contributed by atoms with E-state index >= 15 is 0 Å². The molecule has 1 aliphatic rings. The van der Waals surface area contributed by atoms with Crippen LogP contribution in [0.3, 0.4) is 0 Å². The number of thiophene rings is 1. The van der Waals surface area contributed by atoms with Gasteiger partial charge in [0.05, 0.1) is 21.5 Å². The summed E-state index contributed by atoms with van der Waals surface area (Å²) >= 11 is 1.33. The summed E-state index contributed by atoms with van der Waals surface area (Å²) in [6.45, 7) is 6.63. The number of carbonyl (C=O) groups excluding carboxylic acids is 1. The van der Waals surface area contributed by atoms with Gasteiger partial charge in [0.15, 0.2) is 0 Å². The van der Waals surface area contributed by atoms with Crippen molar-refractivity contribution in [1.82, 2.24) is 0 Å². The highest BCUT2D eigenvalue weighted by molar-refractivity contribution is 7.16. The smallest absolute Gasteiger partial charge is 0.289 e. The molecule has 1 amide bonds. The average Bonchev–Trinajstić information content (AvgIpc) is 3.08. The maximum absolute atomic E-state index is 12.8. The number of rotatable bonds is 6. The lowest BCUT2D eigenvalue weighted by molar-refractivity contribution is -0.394. The first-order valence-corrected chi connectivity index (χ1v) is 10.7. The summed E-state index contributed by atoms with van der Waals surface area (Å²) < 4.78 is 0. The van der Waals surface area contributed by atoms with E-state index in [1.807, 2.05) is 0 Å². The lowest BCUT2D eigenvalue weighted by Gasteiger charge is -2.36. The van der Waals surface area contributed by atoms with E-state index in [4.69, 9.17) is 0 Å². The monoisotopic (exact) mass is 442 g/mol. The van der Waals surface area contributed by atoms with Crippen LogP contribution >= 0.6 is 11.3 Å². The van der Waals surface area contributed by atoms with Gasteiger partial charge in [-0.1, -0.05) is 27.2 Å². The first kappa shape index (κ1) is 22.4. The summed E-state index contributed by atoms with van der Waals surface area (Å²) in [5, 5.41) is 34.9. The maximum atomic E-state index is 12.8. The van der Waals surface area contributed by atoms with E-state index in [2.05, 4.69) is 32.2 Å². The normalized spacial score (nSPS) is 15.6. The van der Waals surface area contributed by atoms with Crippen molar-refractivity contribution >= 4 is 33.6 Å². The summed E-state index contributed by atoms with van der Waals surface area (Å²) in [7, 11) is 0. The van der Waals surface area contributed by atoms with E-state index in [9.17, 15) is 30.3 Å². The second-order valence-corrected chi connectivity index (χ2v) is 9.38. The van der Waals surface area contributed by atoms with Crippen molar-refractivity contribution in [2.45, 2.75) is 46.5 Å². The van der Waals surface area contributed by atoms with Gasteiger partial charge in [0, 0.05) is 10.9 Å². The van der Waals surface area contributed by atoms with Crippen LogP contribution in [0.2, 0.25) is 0 Å². The van der Waals surface area contributed by atoms with Crippen LogP contribution in [-0.4, -0.2) is 15.8 Å². The molecule has 1 atom stereocenters. The number of anilines is 1. The first-order chi connectivity index (χ1) is 14.6. The average molecular weight is 442 g/mol. The Kier molecular flexibility index (Phi) is 6.08. The summed E-state index contributed by atoms with van der Waals surface area (Å²) in [6.07, 6.45) is 3.57. The number of amides is 1. The van der Waals surface area contributed by atoms with Crippen LogP contribution in [0.15, 0.2) is 18.2 Å². The summed E-state index contributed by atoms with van der Waals surface area (Å²) in [5.41, 5.74) is 0.0659. The quantitative estimate of drug-likeness (QED) is 0.480. The number of benzene rings is 1. The molecule has 1 aromatic heterocycles. The number of fused-ring (bicyclic) bond motifs is 1. The summed E-state index contributed by atoms with van der Waals surface area (Å²) in [5.74, 6) is -0.309. The minimum atomic E-state index is -0.829. The molecule has 1 unspecified atom stereocenters. The van der Waals surface area contributed by atoms with Gasteiger partial charge in [-0.05, 0) is 42.2 Å². The first-order valence-electron chi connectivity index (χ1n) is 9.87. The maximum Gasteiger partial charge on any atom is 0.289 e. The lowest BCUT2D eigenvalue weighted by Crippen LogP contribution is -2.28. The van der Waals surface area contributed by atoms with Crippen molar-refractivity contribution in [1.29, 1.82) is 5.26 Å². The number of hydrogen-bond acceptors (Lipinski definition) is 7. The van der Waals surface area contributed by atoms with Gasteiger partial charge in [0.1, 0.15) is 16.6 Å². The Morgan fingerprint density at radius 3 is 2.61 bits per heavy atom. The van der Waals surface area contributed by atoms with Crippen LogP contribution in [0.4, 0.5) is 16.4 Å². The van der Waals surface area contributed by atoms with E-state index in [1.54, 1.807) is 0 Å². The van der Waals surface area contributed by atoms with Crippen LogP contribution in [0.25, 0.3) is 0 Å². The third-order valence-electron chi connectivity index (χ3n) is 6.25. The Morgan fingerprint density at radius 1 is 1.32 bits per heavy atom. The molecule has 0 bridgehead atoms. The molecule has 9 nitrogen and oxygen atoms in total. The molecule has 1 N–H and O–H groups in total. The van der Waals surface area contributed by atoms with Gasteiger partial charge in [-0.3, -0.25) is 25.0 Å². The van der Waals surface area contributed by atoms with Gasteiger partial charge < -0.3 is 5.32 Å². The zero-order valence-corrected chi connectivity index (χ0v) is 18.2. The molecular formula is C21H22N4O5S. The molecule has 1 heterocycles. The Hall–Kier alpha value is -3.32. The predicted molar refractivity (Wildman–Crippen MR) is 116 cm³/mol. The SMILES string of the molecule is CCC(C)(C)C1CCc2c(sc(NC(=O)c3ccc([N+](=O)[O-])cc3[N+](=O)[O-])c2C#N)C1. The molecule has 162 valence electrons. The number of nitriles is 1. The second kappa shape index (κ2) is 8.43. The number of nitro groups is 2. The van der Waals surface area contributed by atoms with Gasteiger partial charge >= 0.3 is 0 Å². The molecule has 0 radical (unpaired) electrons. The third-order valence-corrected chi connectivity index (χ3v) is 7.42. The van der Waals surface area contributed by atoms with Gasteiger partial charge in [-0.25, -0.2) is 0 Å². The zero-order valence-electron chi connectivity index (χ0n) is 17.4.